The summed E-state index contributed by atoms with van der Waals surface area (Å²) in [7, 11) is 1.52. The van der Waals surface area contributed by atoms with Crippen LogP contribution < -0.4 is 5.32 Å². The summed E-state index contributed by atoms with van der Waals surface area (Å²) >= 11 is 0. The fraction of sp³-hybridized carbons (Fsp3) is 0.938. The fourth-order valence-corrected chi connectivity index (χ4v) is 3.66. The van der Waals surface area contributed by atoms with Gasteiger partial charge in [-0.25, -0.2) is 0 Å². The van der Waals surface area contributed by atoms with Crippen LogP contribution >= 0.6 is 0 Å². The van der Waals surface area contributed by atoms with Gasteiger partial charge in [-0.05, 0) is 37.5 Å². The van der Waals surface area contributed by atoms with E-state index in [1.165, 1.54) is 45.6 Å². The SMILES string of the molecule is COC(=O)C1(NC2CCCCCC2)CC(C(C)C)C1. The fourth-order valence-electron chi connectivity index (χ4n) is 3.66. The molecule has 0 heterocycles. The second kappa shape index (κ2) is 6.25. The molecule has 0 aromatic rings. The van der Waals surface area contributed by atoms with Crippen LogP contribution in [0, 0.1) is 11.8 Å². The molecule has 0 atom stereocenters. The minimum absolute atomic E-state index is 0.0475. The Bertz CT molecular complexity index is 300. The van der Waals surface area contributed by atoms with Crippen LogP contribution in [0.15, 0.2) is 0 Å². The quantitative estimate of drug-likeness (QED) is 0.627. The maximum Gasteiger partial charge on any atom is 0.326 e. The highest BCUT2D eigenvalue weighted by Crippen LogP contribution is 2.43. The largest absolute Gasteiger partial charge is 0.468 e. The van der Waals surface area contributed by atoms with Gasteiger partial charge in [-0.1, -0.05) is 39.5 Å². The summed E-state index contributed by atoms with van der Waals surface area (Å²) in [5.74, 6) is 1.28. The average Bonchev–Trinajstić information content (AvgIpc) is 2.60. The van der Waals surface area contributed by atoms with Gasteiger partial charge in [0.2, 0.25) is 0 Å². The zero-order valence-corrected chi connectivity index (χ0v) is 12.7. The van der Waals surface area contributed by atoms with Crippen molar-refractivity contribution in [3.63, 3.8) is 0 Å². The van der Waals surface area contributed by atoms with Crippen LogP contribution in [0.5, 0.6) is 0 Å². The van der Waals surface area contributed by atoms with Crippen molar-refractivity contribution in [3.8, 4) is 0 Å². The van der Waals surface area contributed by atoms with Crippen LogP contribution in [0.2, 0.25) is 0 Å². The molecule has 2 saturated carbocycles. The zero-order valence-electron chi connectivity index (χ0n) is 12.7. The van der Waals surface area contributed by atoms with E-state index >= 15 is 0 Å². The smallest absolute Gasteiger partial charge is 0.326 e. The molecule has 2 aliphatic carbocycles. The first kappa shape index (κ1) is 14.8. The van der Waals surface area contributed by atoms with Gasteiger partial charge < -0.3 is 4.74 Å². The molecule has 0 amide bonds. The van der Waals surface area contributed by atoms with E-state index in [1.807, 2.05) is 0 Å². The minimum Gasteiger partial charge on any atom is -0.468 e. The topological polar surface area (TPSA) is 38.3 Å². The molecule has 2 fully saturated rings. The molecular formula is C16H29NO2. The lowest BCUT2D eigenvalue weighted by atomic mass is 9.63. The number of carbonyl (C=O) groups is 1. The molecule has 0 unspecified atom stereocenters. The summed E-state index contributed by atoms with van der Waals surface area (Å²) in [6, 6.07) is 0.509. The third-order valence-electron chi connectivity index (χ3n) is 5.08. The molecule has 1 N–H and O–H groups in total. The summed E-state index contributed by atoms with van der Waals surface area (Å²) < 4.78 is 5.06. The molecule has 0 saturated heterocycles. The molecule has 110 valence electrons. The van der Waals surface area contributed by atoms with Crippen LogP contribution in [-0.2, 0) is 9.53 Å². The van der Waals surface area contributed by atoms with Gasteiger partial charge in [-0.15, -0.1) is 0 Å². The van der Waals surface area contributed by atoms with Gasteiger partial charge >= 0.3 is 5.97 Å². The third-order valence-corrected chi connectivity index (χ3v) is 5.08. The van der Waals surface area contributed by atoms with E-state index in [0.29, 0.717) is 17.9 Å². The summed E-state index contributed by atoms with van der Waals surface area (Å²) in [6.07, 6.45) is 9.61. The lowest BCUT2D eigenvalue weighted by molar-refractivity contribution is -0.157. The van der Waals surface area contributed by atoms with Gasteiger partial charge in [0.25, 0.3) is 0 Å². The summed E-state index contributed by atoms with van der Waals surface area (Å²) in [4.78, 5) is 12.2. The van der Waals surface area contributed by atoms with E-state index in [1.54, 1.807) is 0 Å². The average molecular weight is 267 g/mol. The molecule has 3 nitrogen and oxygen atoms in total. The first-order valence-corrected chi connectivity index (χ1v) is 7.93. The van der Waals surface area contributed by atoms with Crippen molar-refractivity contribution in [1.29, 1.82) is 0 Å². The van der Waals surface area contributed by atoms with Crippen LogP contribution in [0.4, 0.5) is 0 Å². The number of carbonyl (C=O) groups excluding carboxylic acids is 1. The molecule has 19 heavy (non-hydrogen) atoms. The van der Waals surface area contributed by atoms with Gasteiger partial charge in [0.15, 0.2) is 0 Å². The Morgan fingerprint density at radius 1 is 1.16 bits per heavy atom. The van der Waals surface area contributed by atoms with Gasteiger partial charge in [0.1, 0.15) is 5.54 Å². The molecular weight excluding hydrogens is 238 g/mol. The Balaban J connectivity index is 1.97. The number of rotatable bonds is 4. The van der Waals surface area contributed by atoms with Crippen molar-refractivity contribution < 1.29 is 9.53 Å². The standard InChI is InChI=1S/C16H29NO2/c1-12(2)13-10-16(11-13,15(18)19-3)17-14-8-6-4-5-7-9-14/h12-14,17H,4-11H2,1-3H3. The molecule has 0 aromatic heterocycles. The van der Waals surface area contributed by atoms with E-state index in [4.69, 9.17) is 4.74 Å². The number of esters is 1. The van der Waals surface area contributed by atoms with Crippen molar-refractivity contribution in [2.45, 2.75) is 76.8 Å². The molecule has 3 heteroatoms. The Labute approximate surface area is 117 Å². The molecule has 0 aliphatic heterocycles. The van der Waals surface area contributed by atoms with Crippen molar-refractivity contribution in [3.05, 3.63) is 0 Å². The highest BCUT2D eigenvalue weighted by atomic mass is 16.5. The van der Waals surface area contributed by atoms with Gasteiger partial charge in [-0.3, -0.25) is 10.1 Å². The number of hydrogen-bond acceptors (Lipinski definition) is 3. The predicted octanol–water partition coefficient (Wildman–Crippen LogP) is 3.28. The van der Waals surface area contributed by atoms with E-state index in [9.17, 15) is 4.79 Å². The first-order chi connectivity index (χ1) is 9.07. The minimum atomic E-state index is -0.376. The Morgan fingerprint density at radius 2 is 1.74 bits per heavy atom. The van der Waals surface area contributed by atoms with Crippen LogP contribution in [0.25, 0.3) is 0 Å². The van der Waals surface area contributed by atoms with Crippen LogP contribution in [0.3, 0.4) is 0 Å². The Kier molecular flexibility index (Phi) is 4.88. The van der Waals surface area contributed by atoms with Crippen LogP contribution in [0.1, 0.15) is 65.2 Å². The summed E-state index contributed by atoms with van der Waals surface area (Å²) in [5, 5.41) is 3.67. The van der Waals surface area contributed by atoms with Crippen molar-refractivity contribution in [2.75, 3.05) is 7.11 Å². The highest BCUT2D eigenvalue weighted by Gasteiger charge is 2.52. The monoisotopic (exact) mass is 267 g/mol. The first-order valence-electron chi connectivity index (χ1n) is 7.93. The second-order valence-electron chi connectivity index (χ2n) is 6.82. The molecule has 0 aromatic carbocycles. The highest BCUT2D eigenvalue weighted by molar-refractivity contribution is 5.82. The number of nitrogens with one attached hydrogen (secondary N) is 1. The van der Waals surface area contributed by atoms with Gasteiger partial charge in [0, 0.05) is 6.04 Å². The van der Waals surface area contributed by atoms with E-state index in [0.717, 1.165) is 12.8 Å². The van der Waals surface area contributed by atoms with E-state index in [2.05, 4.69) is 19.2 Å². The molecule has 0 bridgehead atoms. The van der Waals surface area contributed by atoms with Crippen molar-refractivity contribution in [1.82, 2.24) is 5.32 Å². The molecule has 0 radical (unpaired) electrons. The second-order valence-corrected chi connectivity index (χ2v) is 6.82. The zero-order chi connectivity index (χ0) is 13.9. The van der Waals surface area contributed by atoms with E-state index < -0.39 is 0 Å². The summed E-state index contributed by atoms with van der Waals surface area (Å²) in [6.45, 7) is 4.50. The molecule has 0 spiro atoms. The lowest BCUT2D eigenvalue weighted by Crippen LogP contribution is -2.64. The third kappa shape index (κ3) is 3.31. The Hall–Kier alpha value is -0.570. The van der Waals surface area contributed by atoms with Gasteiger partial charge in [-0.2, -0.15) is 0 Å². The molecule has 2 aliphatic rings. The number of hydrogen-bond donors (Lipinski definition) is 1. The van der Waals surface area contributed by atoms with Crippen molar-refractivity contribution in [2.24, 2.45) is 11.8 Å². The van der Waals surface area contributed by atoms with Crippen molar-refractivity contribution >= 4 is 5.97 Å². The summed E-state index contributed by atoms with van der Waals surface area (Å²) in [5.41, 5.74) is -0.376. The maximum atomic E-state index is 12.2. The lowest BCUT2D eigenvalue weighted by Gasteiger charge is -2.49. The maximum absolute atomic E-state index is 12.2. The predicted molar refractivity (Wildman–Crippen MR) is 76.9 cm³/mol. The number of ether oxygens (including phenoxy) is 1. The van der Waals surface area contributed by atoms with Gasteiger partial charge in [0.05, 0.1) is 7.11 Å². The Morgan fingerprint density at radius 3 is 2.21 bits per heavy atom. The van der Waals surface area contributed by atoms with E-state index in [-0.39, 0.29) is 11.5 Å². The van der Waals surface area contributed by atoms with Crippen LogP contribution in [-0.4, -0.2) is 24.7 Å². The normalized spacial score (nSPS) is 32.7. The molecule has 2 rings (SSSR count). The number of methoxy groups -OCH3 is 1.